The molecule has 4 amide bonds. The minimum absolute atomic E-state index is 0.0755. The van der Waals surface area contributed by atoms with Crippen LogP contribution in [0.25, 0.3) is 5.57 Å². The second-order valence-corrected chi connectivity index (χ2v) is 8.00. The van der Waals surface area contributed by atoms with Crippen LogP contribution < -0.4 is 15.6 Å². The molecule has 5 rings (SSSR count). The number of Topliss-reactive ketones (excluding diaryl/α,β-unsaturated/α-hetero) is 1. The molecule has 1 aliphatic heterocycles. The fourth-order valence-electron chi connectivity index (χ4n) is 4.22. The van der Waals surface area contributed by atoms with Crippen LogP contribution >= 0.6 is 0 Å². The van der Waals surface area contributed by atoms with Gasteiger partial charge in [0.15, 0.2) is 5.78 Å². The first-order valence-electron chi connectivity index (χ1n) is 10.7. The van der Waals surface area contributed by atoms with Gasteiger partial charge >= 0.3 is 12.1 Å². The predicted molar refractivity (Wildman–Crippen MR) is 127 cm³/mol. The summed E-state index contributed by atoms with van der Waals surface area (Å²) in [5.41, 5.74) is 8.08. The Balaban J connectivity index is 1.45. The van der Waals surface area contributed by atoms with Crippen molar-refractivity contribution < 1.29 is 14.4 Å². The Morgan fingerprint density at radius 3 is 2.45 bits per heavy atom. The summed E-state index contributed by atoms with van der Waals surface area (Å²) in [4.78, 5) is 39.5. The number of nitrogens with one attached hydrogen (secondary N) is 2. The molecule has 3 aromatic carbocycles. The maximum Gasteiger partial charge on any atom is 0.347 e. The van der Waals surface area contributed by atoms with Crippen LogP contribution in [0.15, 0.2) is 79.0 Å². The van der Waals surface area contributed by atoms with E-state index < -0.39 is 12.1 Å². The van der Waals surface area contributed by atoms with Crippen molar-refractivity contribution in [2.45, 2.75) is 12.8 Å². The van der Waals surface area contributed by atoms with Crippen molar-refractivity contribution in [1.82, 2.24) is 10.4 Å². The van der Waals surface area contributed by atoms with E-state index in [0.717, 1.165) is 34.4 Å². The molecule has 0 unspecified atom stereocenters. The maximum absolute atomic E-state index is 13.2. The molecule has 0 bridgehead atoms. The van der Waals surface area contributed by atoms with Crippen LogP contribution in [-0.4, -0.2) is 29.9 Å². The van der Waals surface area contributed by atoms with E-state index in [1.807, 2.05) is 60.7 Å². The average Bonchev–Trinajstić information content (AvgIpc) is 3.17. The SMILES string of the molecule is CN1C(=O)N(NC(=O)Nc2ccc3c(c2)C(=O)CC3)C=C(c2ccccc2)c2ccccc21. The molecule has 0 fully saturated rings. The summed E-state index contributed by atoms with van der Waals surface area (Å²) >= 11 is 0. The molecule has 1 heterocycles. The van der Waals surface area contributed by atoms with Crippen molar-refractivity contribution in [1.29, 1.82) is 0 Å². The Labute approximate surface area is 191 Å². The molecule has 2 aliphatic rings. The maximum atomic E-state index is 13.2. The number of urea groups is 2. The molecule has 2 N–H and O–H groups in total. The van der Waals surface area contributed by atoms with Crippen LogP contribution in [0.1, 0.15) is 33.5 Å². The zero-order chi connectivity index (χ0) is 22.9. The van der Waals surface area contributed by atoms with Crippen LogP contribution in [-0.2, 0) is 6.42 Å². The molecule has 0 saturated heterocycles. The fourth-order valence-corrected chi connectivity index (χ4v) is 4.22. The number of benzene rings is 3. The quantitative estimate of drug-likeness (QED) is 0.616. The number of para-hydroxylation sites is 1. The number of amides is 4. The van der Waals surface area contributed by atoms with Crippen molar-refractivity contribution in [3.8, 4) is 0 Å². The summed E-state index contributed by atoms with van der Waals surface area (Å²) in [6.07, 6.45) is 2.85. The van der Waals surface area contributed by atoms with Gasteiger partial charge in [-0.25, -0.2) is 20.0 Å². The third-order valence-corrected chi connectivity index (χ3v) is 5.90. The second-order valence-electron chi connectivity index (χ2n) is 8.00. The number of nitrogens with zero attached hydrogens (tertiary/aromatic N) is 2. The minimum atomic E-state index is -0.586. The van der Waals surface area contributed by atoms with Crippen LogP contribution in [0.5, 0.6) is 0 Å². The van der Waals surface area contributed by atoms with Gasteiger partial charge in [0.25, 0.3) is 0 Å². The molecule has 0 radical (unpaired) electrons. The average molecular weight is 438 g/mol. The molecular formula is C26H22N4O3. The van der Waals surface area contributed by atoms with Crippen molar-refractivity contribution >= 4 is 34.8 Å². The molecule has 33 heavy (non-hydrogen) atoms. The number of anilines is 2. The van der Waals surface area contributed by atoms with Gasteiger partial charge in [-0.15, -0.1) is 0 Å². The highest BCUT2D eigenvalue weighted by atomic mass is 16.2. The number of hydrogen-bond acceptors (Lipinski definition) is 3. The summed E-state index contributed by atoms with van der Waals surface area (Å²) < 4.78 is 0. The summed E-state index contributed by atoms with van der Waals surface area (Å²) in [5, 5.41) is 3.90. The Bertz CT molecular complexity index is 1300. The van der Waals surface area contributed by atoms with Gasteiger partial charge in [0, 0.05) is 42.1 Å². The van der Waals surface area contributed by atoms with E-state index >= 15 is 0 Å². The molecular weight excluding hydrogens is 416 g/mol. The number of hydrogen-bond donors (Lipinski definition) is 2. The third kappa shape index (κ3) is 3.85. The normalized spacial score (nSPS) is 14.9. The largest absolute Gasteiger partial charge is 0.347 e. The van der Waals surface area contributed by atoms with E-state index in [-0.39, 0.29) is 5.78 Å². The smallest absolute Gasteiger partial charge is 0.307 e. The van der Waals surface area contributed by atoms with Gasteiger partial charge in [-0.05, 0) is 35.7 Å². The lowest BCUT2D eigenvalue weighted by molar-refractivity contribution is 0.0994. The van der Waals surface area contributed by atoms with Gasteiger partial charge in [-0.3, -0.25) is 9.69 Å². The molecule has 0 atom stereocenters. The lowest BCUT2D eigenvalue weighted by Crippen LogP contribution is -2.49. The Morgan fingerprint density at radius 1 is 0.879 bits per heavy atom. The van der Waals surface area contributed by atoms with Gasteiger partial charge in [0.1, 0.15) is 0 Å². The first kappa shape index (κ1) is 20.5. The van der Waals surface area contributed by atoms with Crippen LogP contribution in [0.3, 0.4) is 0 Å². The minimum Gasteiger partial charge on any atom is -0.307 e. The number of carbonyl (C=O) groups excluding carboxylic acids is 3. The van der Waals surface area contributed by atoms with E-state index in [1.165, 1.54) is 9.91 Å². The number of ketones is 1. The van der Waals surface area contributed by atoms with Crippen molar-refractivity contribution in [3.05, 3.63) is 101 Å². The van der Waals surface area contributed by atoms with E-state index in [1.54, 1.807) is 25.4 Å². The van der Waals surface area contributed by atoms with Crippen molar-refractivity contribution in [3.63, 3.8) is 0 Å². The number of carbonyl (C=O) groups is 3. The Hall–Kier alpha value is -4.39. The topological polar surface area (TPSA) is 81.8 Å². The van der Waals surface area contributed by atoms with Gasteiger partial charge in [-0.2, -0.15) is 0 Å². The molecule has 0 aromatic heterocycles. The van der Waals surface area contributed by atoms with E-state index in [4.69, 9.17) is 0 Å². The fraction of sp³-hybridized carbons (Fsp3) is 0.115. The third-order valence-electron chi connectivity index (χ3n) is 5.90. The van der Waals surface area contributed by atoms with Gasteiger partial charge < -0.3 is 5.32 Å². The first-order valence-corrected chi connectivity index (χ1v) is 10.7. The standard InChI is InChI=1S/C26H22N4O3/c1-29-23-10-6-5-9-20(23)22(17-7-3-2-4-8-17)16-30(26(29)33)28-25(32)27-19-13-11-18-12-14-24(31)21(18)15-19/h2-11,13,15-16H,12,14H2,1H3,(H2,27,28,32). The van der Waals surface area contributed by atoms with E-state index in [2.05, 4.69) is 10.7 Å². The summed E-state index contributed by atoms with van der Waals surface area (Å²) in [5.74, 6) is 0.0755. The zero-order valence-electron chi connectivity index (χ0n) is 18.0. The molecule has 164 valence electrons. The summed E-state index contributed by atoms with van der Waals surface area (Å²) in [6.45, 7) is 0. The lowest BCUT2D eigenvalue weighted by Gasteiger charge is -2.24. The predicted octanol–water partition coefficient (Wildman–Crippen LogP) is 4.81. The van der Waals surface area contributed by atoms with Gasteiger partial charge in [-0.1, -0.05) is 54.6 Å². The van der Waals surface area contributed by atoms with Crippen LogP contribution in [0, 0.1) is 0 Å². The Morgan fingerprint density at radius 2 is 1.64 bits per heavy atom. The number of hydrazine groups is 1. The van der Waals surface area contributed by atoms with Gasteiger partial charge in [0.2, 0.25) is 0 Å². The molecule has 3 aromatic rings. The zero-order valence-corrected chi connectivity index (χ0v) is 18.0. The number of rotatable bonds is 3. The first-order chi connectivity index (χ1) is 16.0. The second kappa shape index (κ2) is 8.27. The van der Waals surface area contributed by atoms with Crippen molar-refractivity contribution in [2.75, 3.05) is 17.3 Å². The summed E-state index contributed by atoms with van der Waals surface area (Å²) in [6, 6.07) is 21.6. The highest BCUT2D eigenvalue weighted by Gasteiger charge is 2.28. The van der Waals surface area contributed by atoms with Gasteiger partial charge in [0.05, 0.1) is 5.69 Å². The lowest BCUT2D eigenvalue weighted by atomic mass is 9.97. The monoisotopic (exact) mass is 438 g/mol. The molecule has 0 saturated carbocycles. The highest BCUT2D eigenvalue weighted by Crippen LogP contribution is 2.34. The summed E-state index contributed by atoms with van der Waals surface area (Å²) in [7, 11) is 1.67. The highest BCUT2D eigenvalue weighted by molar-refractivity contribution is 6.03. The number of aryl methyl sites for hydroxylation is 1. The van der Waals surface area contributed by atoms with Crippen molar-refractivity contribution in [2.24, 2.45) is 0 Å². The Kier molecular flexibility index (Phi) is 5.14. The van der Waals surface area contributed by atoms with Crippen LogP contribution in [0.2, 0.25) is 0 Å². The van der Waals surface area contributed by atoms with E-state index in [9.17, 15) is 14.4 Å². The molecule has 1 aliphatic carbocycles. The molecule has 7 heteroatoms. The molecule has 0 spiro atoms. The number of fused-ring (bicyclic) bond motifs is 2. The van der Waals surface area contributed by atoms with E-state index in [0.29, 0.717) is 17.7 Å². The van der Waals surface area contributed by atoms with Crippen LogP contribution in [0.4, 0.5) is 21.0 Å². The molecule has 7 nitrogen and oxygen atoms in total.